The summed E-state index contributed by atoms with van der Waals surface area (Å²) in [4.78, 5) is 25.0. The number of anilines is 1. The molecule has 1 aliphatic heterocycles. The molecule has 3 N–H and O–H groups in total. The van der Waals surface area contributed by atoms with Gasteiger partial charge in [-0.2, -0.15) is 0 Å². The molecule has 7 heteroatoms. The number of carbonyl (C=O) groups is 2. The van der Waals surface area contributed by atoms with Crippen LogP contribution in [0.5, 0.6) is 0 Å². The number of nitrogens with one attached hydrogen (secondary N) is 1. The van der Waals surface area contributed by atoms with Crippen molar-refractivity contribution in [3.63, 3.8) is 0 Å². The zero-order valence-corrected chi connectivity index (χ0v) is 11.1. The normalized spacial score (nSPS) is 15.6. The first kappa shape index (κ1) is 13.6. The maximum absolute atomic E-state index is 11.9. The lowest BCUT2D eigenvalue weighted by atomic mass is 10.3. The molecular weight excluding hydrogens is 268 g/mol. The minimum absolute atomic E-state index is 0.0300. The molecule has 0 saturated carbocycles. The lowest BCUT2D eigenvalue weighted by molar-refractivity contribution is -0.117. The van der Waals surface area contributed by atoms with Crippen LogP contribution in [0.15, 0.2) is 24.3 Å². The Hall–Kier alpha value is -1.79. The molecule has 2 rings (SSSR count). The molecule has 0 aromatic heterocycles. The number of rotatable bonds is 3. The van der Waals surface area contributed by atoms with Crippen molar-refractivity contribution >= 4 is 29.2 Å². The summed E-state index contributed by atoms with van der Waals surface area (Å²) in [5.74, 6) is 5.22. The highest BCUT2D eigenvalue weighted by Crippen LogP contribution is 2.20. The SMILES string of the molecule is NN1CCCN(CC(=O)Nc2ccccc2Cl)C1=O. The molecule has 1 aliphatic rings. The number of para-hydroxylation sites is 1. The number of urea groups is 1. The first-order valence-corrected chi connectivity index (χ1v) is 6.31. The topological polar surface area (TPSA) is 78.7 Å². The molecule has 6 nitrogen and oxygen atoms in total. The quantitative estimate of drug-likeness (QED) is 0.647. The van der Waals surface area contributed by atoms with E-state index in [9.17, 15) is 9.59 Å². The molecule has 0 atom stereocenters. The van der Waals surface area contributed by atoms with Gasteiger partial charge in [-0.25, -0.2) is 10.6 Å². The van der Waals surface area contributed by atoms with Gasteiger partial charge in [-0.3, -0.25) is 9.80 Å². The van der Waals surface area contributed by atoms with Crippen LogP contribution < -0.4 is 11.2 Å². The van der Waals surface area contributed by atoms with Crippen LogP contribution in [0.3, 0.4) is 0 Å². The molecule has 1 aromatic rings. The van der Waals surface area contributed by atoms with E-state index in [1.165, 1.54) is 4.90 Å². The third kappa shape index (κ3) is 3.36. The van der Waals surface area contributed by atoms with Crippen molar-refractivity contribution in [3.05, 3.63) is 29.3 Å². The Bertz CT molecular complexity index is 494. The van der Waals surface area contributed by atoms with Gasteiger partial charge in [-0.05, 0) is 18.6 Å². The summed E-state index contributed by atoms with van der Waals surface area (Å²) in [6.07, 6.45) is 0.752. The molecule has 1 fully saturated rings. The van der Waals surface area contributed by atoms with Crippen LogP contribution >= 0.6 is 11.6 Å². The van der Waals surface area contributed by atoms with Crippen molar-refractivity contribution in [1.29, 1.82) is 0 Å². The van der Waals surface area contributed by atoms with E-state index in [0.29, 0.717) is 23.8 Å². The van der Waals surface area contributed by atoms with Gasteiger partial charge >= 0.3 is 6.03 Å². The summed E-state index contributed by atoms with van der Waals surface area (Å²) in [5.41, 5.74) is 0.531. The molecular formula is C12H15ClN4O2. The number of hydrogen-bond donors (Lipinski definition) is 2. The first-order chi connectivity index (χ1) is 9.08. The fourth-order valence-corrected chi connectivity index (χ4v) is 2.06. The number of halogens is 1. The largest absolute Gasteiger partial charge is 0.334 e. The van der Waals surface area contributed by atoms with Crippen molar-refractivity contribution in [2.45, 2.75) is 6.42 Å². The van der Waals surface area contributed by atoms with Gasteiger partial charge in [0.25, 0.3) is 0 Å². The van der Waals surface area contributed by atoms with E-state index in [4.69, 9.17) is 17.4 Å². The summed E-state index contributed by atoms with van der Waals surface area (Å²) < 4.78 is 0. The molecule has 1 heterocycles. The van der Waals surface area contributed by atoms with Gasteiger partial charge in [-0.1, -0.05) is 23.7 Å². The Morgan fingerprint density at radius 1 is 1.37 bits per heavy atom. The Kier molecular flexibility index (Phi) is 4.24. The molecule has 0 radical (unpaired) electrons. The molecule has 0 aliphatic carbocycles. The van der Waals surface area contributed by atoms with Crippen LogP contribution in [0, 0.1) is 0 Å². The smallest absolute Gasteiger partial charge is 0.323 e. The Morgan fingerprint density at radius 3 is 2.84 bits per heavy atom. The first-order valence-electron chi connectivity index (χ1n) is 5.93. The predicted octanol–water partition coefficient (Wildman–Crippen LogP) is 1.28. The fraction of sp³-hybridized carbons (Fsp3) is 0.333. The molecule has 0 unspecified atom stereocenters. The average molecular weight is 283 g/mol. The number of hydrogen-bond acceptors (Lipinski definition) is 3. The molecule has 3 amide bonds. The fourth-order valence-electron chi connectivity index (χ4n) is 1.88. The van der Waals surface area contributed by atoms with Crippen LogP contribution in [0.2, 0.25) is 5.02 Å². The van der Waals surface area contributed by atoms with Gasteiger partial charge in [0.15, 0.2) is 0 Å². The molecule has 19 heavy (non-hydrogen) atoms. The van der Waals surface area contributed by atoms with Gasteiger partial charge in [0, 0.05) is 13.1 Å². The van der Waals surface area contributed by atoms with Crippen LogP contribution in [0.4, 0.5) is 10.5 Å². The van der Waals surface area contributed by atoms with E-state index in [-0.39, 0.29) is 18.5 Å². The number of nitrogens with two attached hydrogens (primary N) is 1. The van der Waals surface area contributed by atoms with E-state index in [1.54, 1.807) is 24.3 Å². The average Bonchev–Trinajstić information content (AvgIpc) is 2.38. The van der Waals surface area contributed by atoms with Crippen molar-refractivity contribution < 1.29 is 9.59 Å². The van der Waals surface area contributed by atoms with Gasteiger partial charge < -0.3 is 10.2 Å². The second-order valence-corrected chi connectivity index (χ2v) is 4.69. The Morgan fingerprint density at radius 2 is 2.11 bits per heavy atom. The van der Waals surface area contributed by atoms with E-state index in [0.717, 1.165) is 11.4 Å². The van der Waals surface area contributed by atoms with E-state index in [1.807, 2.05) is 0 Å². The molecule has 1 aromatic carbocycles. The number of benzene rings is 1. The van der Waals surface area contributed by atoms with Crippen LogP contribution in [0.1, 0.15) is 6.42 Å². The van der Waals surface area contributed by atoms with Crippen LogP contribution in [-0.4, -0.2) is 41.5 Å². The number of carbonyl (C=O) groups excluding carboxylic acids is 2. The summed E-state index contributed by atoms with van der Waals surface area (Å²) >= 11 is 5.94. The second kappa shape index (κ2) is 5.90. The molecule has 1 saturated heterocycles. The van der Waals surface area contributed by atoms with Crippen LogP contribution in [0.25, 0.3) is 0 Å². The van der Waals surface area contributed by atoms with E-state index >= 15 is 0 Å². The van der Waals surface area contributed by atoms with Crippen molar-refractivity contribution in [2.75, 3.05) is 25.0 Å². The highest BCUT2D eigenvalue weighted by molar-refractivity contribution is 6.33. The standard InChI is InChI=1S/C12H15ClN4O2/c13-9-4-1-2-5-10(9)15-11(18)8-16-6-3-7-17(14)12(16)19/h1-2,4-5H,3,6-8,14H2,(H,15,18). The second-order valence-electron chi connectivity index (χ2n) is 4.28. The molecule has 0 bridgehead atoms. The Labute approximate surface area is 116 Å². The molecule has 0 spiro atoms. The van der Waals surface area contributed by atoms with Crippen molar-refractivity contribution in [1.82, 2.24) is 9.91 Å². The van der Waals surface area contributed by atoms with Gasteiger partial charge in [0.1, 0.15) is 6.54 Å². The molecule has 102 valence electrons. The van der Waals surface area contributed by atoms with Crippen LogP contribution in [-0.2, 0) is 4.79 Å². The summed E-state index contributed by atoms with van der Waals surface area (Å²) in [6, 6.07) is 6.60. The predicted molar refractivity (Wildman–Crippen MR) is 72.6 cm³/mol. The summed E-state index contributed by atoms with van der Waals surface area (Å²) in [7, 11) is 0. The number of nitrogens with zero attached hydrogens (tertiary/aromatic N) is 2. The highest BCUT2D eigenvalue weighted by Gasteiger charge is 2.25. The minimum atomic E-state index is -0.333. The van der Waals surface area contributed by atoms with Crippen molar-refractivity contribution in [3.8, 4) is 0 Å². The Balaban J connectivity index is 1.94. The third-order valence-corrected chi connectivity index (χ3v) is 3.16. The zero-order valence-electron chi connectivity index (χ0n) is 10.3. The maximum Gasteiger partial charge on any atom is 0.334 e. The summed E-state index contributed by atoms with van der Waals surface area (Å²) in [6.45, 7) is 1.02. The monoisotopic (exact) mass is 282 g/mol. The summed E-state index contributed by atoms with van der Waals surface area (Å²) in [5, 5.41) is 4.25. The van der Waals surface area contributed by atoms with Crippen molar-refractivity contribution in [2.24, 2.45) is 5.84 Å². The van der Waals surface area contributed by atoms with E-state index in [2.05, 4.69) is 5.32 Å². The lowest BCUT2D eigenvalue weighted by Gasteiger charge is -2.32. The zero-order chi connectivity index (χ0) is 13.8. The van der Waals surface area contributed by atoms with Gasteiger partial charge in [0.05, 0.1) is 10.7 Å². The number of hydrazine groups is 1. The highest BCUT2D eigenvalue weighted by atomic mass is 35.5. The number of amides is 3. The lowest BCUT2D eigenvalue weighted by Crippen LogP contribution is -2.54. The third-order valence-electron chi connectivity index (χ3n) is 2.83. The maximum atomic E-state index is 11.9. The van der Waals surface area contributed by atoms with Gasteiger partial charge in [-0.15, -0.1) is 0 Å². The van der Waals surface area contributed by atoms with Gasteiger partial charge in [0.2, 0.25) is 5.91 Å². The van der Waals surface area contributed by atoms with E-state index < -0.39 is 0 Å². The minimum Gasteiger partial charge on any atom is -0.323 e.